The minimum Gasteiger partial charge on any atom is -0.481 e. The van der Waals surface area contributed by atoms with Gasteiger partial charge in [-0.25, -0.2) is 0 Å². The second-order valence-corrected chi connectivity index (χ2v) is 6.55. The molecular formula is C15H18N2O3S. The van der Waals surface area contributed by atoms with E-state index in [-0.39, 0.29) is 18.7 Å². The maximum absolute atomic E-state index is 12.2. The number of nitrogens with one attached hydrogen (secondary N) is 1. The summed E-state index contributed by atoms with van der Waals surface area (Å²) in [6, 6.07) is 3.69. The van der Waals surface area contributed by atoms with Gasteiger partial charge in [-0.2, -0.15) is 5.26 Å². The fourth-order valence-electron chi connectivity index (χ4n) is 3.04. The lowest BCUT2D eigenvalue weighted by atomic mass is 9.69. The van der Waals surface area contributed by atoms with Gasteiger partial charge in [0.2, 0.25) is 5.91 Å². The Morgan fingerprint density at radius 1 is 1.33 bits per heavy atom. The van der Waals surface area contributed by atoms with Gasteiger partial charge in [0.15, 0.2) is 0 Å². The van der Waals surface area contributed by atoms with Crippen LogP contribution in [0.5, 0.6) is 0 Å². The number of aliphatic carboxylic acids is 1. The molecule has 0 unspecified atom stereocenters. The Balaban J connectivity index is 2.04. The van der Waals surface area contributed by atoms with Gasteiger partial charge in [-0.1, -0.05) is 19.3 Å². The standard InChI is InChI=1S/C15H18N2O3S/c16-10-11-4-7-21-14(11)17-12(18)8-15(9-13(19)20)5-2-1-3-6-15/h4,7H,1-3,5-6,8-9H2,(H,17,18)(H,19,20). The number of anilines is 1. The number of carboxylic acids is 1. The molecule has 1 amide bonds. The Morgan fingerprint density at radius 3 is 2.67 bits per heavy atom. The van der Waals surface area contributed by atoms with Gasteiger partial charge in [-0.3, -0.25) is 9.59 Å². The zero-order chi connectivity index (χ0) is 15.3. The predicted molar refractivity (Wildman–Crippen MR) is 80.1 cm³/mol. The van der Waals surface area contributed by atoms with Crippen LogP contribution in [0.25, 0.3) is 0 Å². The van der Waals surface area contributed by atoms with Crippen LogP contribution in [-0.2, 0) is 9.59 Å². The molecule has 1 aromatic rings. The zero-order valence-electron chi connectivity index (χ0n) is 11.7. The molecule has 1 fully saturated rings. The van der Waals surface area contributed by atoms with E-state index in [1.165, 1.54) is 11.3 Å². The number of carbonyl (C=O) groups is 2. The highest BCUT2D eigenvalue weighted by Gasteiger charge is 2.36. The van der Waals surface area contributed by atoms with Gasteiger partial charge in [0.1, 0.15) is 11.1 Å². The second kappa shape index (κ2) is 6.72. The molecule has 0 saturated heterocycles. The van der Waals surface area contributed by atoms with Crippen LogP contribution in [0.3, 0.4) is 0 Å². The number of thiophene rings is 1. The molecule has 1 saturated carbocycles. The maximum Gasteiger partial charge on any atom is 0.303 e. The number of amides is 1. The number of nitriles is 1. The summed E-state index contributed by atoms with van der Waals surface area (Å²) < 4.78 is 0. The fourth-order valence-corrected chi connectivity index (χ4v) is 3.80. The molecule has 1 aliphatic carbocycles. The maximum atomic E-state index is 12.2. The first-order chi connectivity index (χ1) is 10.0. The quantitative estimate of drug-likeness (QED) is 0.872. The first kappa shape index (κ1) is 15.5. The third-order valence-electron chi connectivity index (χ3n) is 4.01. The first-order valence-corrected chi connectivity index (χ1v) is 7.92. The van der Waals surface area contributed by atoms with E-state index in [9.17, 15) is 9.59 Å². The molecule has 21 heavy (non-hydrogen) atoms. The predicted octanol–water partition coefficient (Wildman–Crippen LogP) is 3.37. The fraction of sp³-hybridized carbons (Fsp3) is 0.533. The summed E-state index contributed by atoms with van der Waals surface area (Å²) in [7, 11) is 0. The van der Waals surface area contributed by atoms with Crippen LogP contribution in [0.15, 0.2) is 11.4 Å². The minimum atomic E-state index is -0.849. The Hall–Kier alpha value is -1.87. The minimum absolute atomic E-state index is 0.0377. The van der Waals surface area contributed by atoms with E-state index in [0.29, 0.717) is 10.6 Å². The Kier molecular flexibility index (Phi) is 4.97. The lowest BCUT2D eigenvalue weighted by molar-refractivity contribution is -0.140. The van der Waals surface area contributed by atoms with Gasteiger partial charge in [-0.05, 0) is 29.7 Å². The van der Waals surface area contributed by atoms with Crippen molar-refractivity contribution in [1.29, 1.82) is 5.26 Å². The molecule has 0 radical (unpaired) electrons. The largest absolute Gasteiger partial charge is 0.481 e. The molecule has 0 aliphatic heterocycles. The highest BCUT2D eigenvalue weighted by atomic mass is 32.1. The first-order valence-electron chi connectivity index (χ1n) is 7.04. The molecule has 2 rings (SSSR count). The molecule has 0 bridgehead atoms. The SMILES string of the molecule is N#Cc1ccsc1NC(=O)CC1(CC(=O)O)CCCCC1. The number of hydrogen-bond donors (Lipinski definition) is 2. The molecule has 6 heteroatoms. The van der Waals surface area contributed by atoms with Crippen molar-refractivity contribution >= 4 is 28.2 Å². The van der Waals surface area contributed by atoms with Crippen molar-refractivity contribution in [2.24, 2.45) is 5.41 Å². The van der Waals surface area contributed by atoms with Crippen molar-refractivity contribution in [3.05, 3.63) is 17.0 Å². The smallest absolute Gasteiger partial charge is 0.303 e. The molecule has 5 nitrogen and oxygen atoms in total. The summed E-state index contributed by atoms with van der Waals surface area (Å²) in [6.45, 7) is 0. The molecule has 0 atom stereocenters. The molecule has 1 aromatic heterocycles. The number of nitrogens with zero attached hydrogens (tertiary/aromatic N) is 1. The third kappa shape index (κ3) is 4.05. The highest BCUT2D eigenvalue weighted by Crippen LogP contribution is 2.42. The lowest BCUT2D eigenvalue weighted by Crippen LogP contribution is -2.32. The Bertz CT molecular complexity index is 568. The van der Waals surface area contributed by atoms with E-state index >= 15 is 0 Å². The molecular weight excluding hydrogens is 288 g/mol. The van der Waals surface area contributed by atoms with Gasteiger partial charge in [-0.15, -0.1) is 11.3 Å². The van der Waals surface area contributed by atoms with Crippen LogP contribution >= 0.6 is 11.3 Å². The van der Waals surface area contributed by atoms with Gasteiger partial charge >= 0.3 is 5.97 Å². The van der Waals surface area contributed by atoms with Gasteiger partial charge in [0.25, 0.3) is 0 Å². The number of carboxylic acid groups (broad SMARTS) is 1. The van der Waals surface area contributed by atoms with E-state index < -0.39 is 11.4 Å². The monoisotopic (exact) mass is 306 g/mol. The summed E-state index contributed by atoms with van der Waals surface area (Å²) in [6.07, 6.45) is 4.86. The Morgan fingerprint density at radius 2 is 2.05 bits per heavy atom. The normalized spacial score (nSPS) is 16.9. The summed E-state index contributed by atoms with van der Waals surface area (Å²) in [5.41, 5.74) is 0.0161. The van der Waals surface area contributed by atoms with E-state index in [4.69, 9.17) is 10.4 Å². The van der Waals surface area contributed by atoms with Gasteiger partial charge in [0.05, 0.1) is 12.0 Å². The summed E-state index contributed by atoms with van der Waals surface area (Å²) in [4.78, 5) is 23.3. The molecule has 0 aromatic carbocycles. The van der Waals surface area contributed by atoms with Crippen LogP contribution in [-0.4, -0.2) is 17.0 Å². The average molecular weight is 306 g/mol. The van der Waals surface area contributed by atoms with Crippen molar-refractivity contribution in [2.75, 3.05) is 5.32 Å². The summed E-state index contributed by atoms with van der Waals surface area (Å²) in [5, 5.41) is 23.1. The average Bonchev–Trinajstić information content (AvgIpc) is 2.85. The lowest BCUT2D eigenvalue weighted by Gasteiger charge is -2.35. The van der Waals surface area contributed by atoms with Gasteiger partial charge < -0.3 is 10.4 Å². The highest BCUT2D eigenvalue weighted by molar-refractivity contribution is 7.14. The molecule has 112 valence electrons. The molecule has 1 aliphatic rings. The van der Waals surface area contributed by atoms with Crippen LogP contribution in [0, 0.1) is 16.7 Å². The number of hydrogen-bond acceptors (Lipinski definition) is 4. The van der Waals surface area contributed by atoms with E-state index in [1.807, 2.05) is 6.07 Å². The van der Waals surface area contributed by atoms with Crippen molar-refractivity contribution in [3.8, 4) is 6.07 Å². The topological polar surface area (TPSA) is 90.2 Å². The molecule has 2 N–H and O–H groups in total. The van der Waals surface area contributed by atoms with E-state index in [1.54, 1.807) is 11.4 Å². The van der Waals surface area contributed by atoms with E-state index in [2.05, 4.69) is 5.32 Å². The van der Waals surface area contributed by atoms with E-state index in [0.717, 1.165) is 32.1 Å². The summed E-state index contributed by atoms with van der Waals surface area (Å²) >= 11 is 1.31. The summed E-state index contributed by atoms with van der Waals surface area (Å²) in [5.74, 6) is -1.05. The number of rotatable bonds is 5. The van der Waals surface area contributed by atoms with Crippen molar-refractivity contribution < 1.29 is 14.7 Å². The van der Waals surface area contributed by atoms with Crippen molar-refractivity contribution in [3.63, 3.8) is 0 Å². The Labute approximate surface area is 127 Å². The second-order valence-electron chi connectivity index (χ2n) is 5.63. The number of carbonyl (C=O) groups excluding carboxylic acids is 1. The van der Waals surface area contributed by atoms with Crippen LogP contribution in [0.4, 0.5) is 5.00 Å². The zero-order valence-corrected chi connectivity index (χ0v) is 12.5. The van der Waals surface area contributed by atoms with Crippen LogP contribution < -0.4 is 5.32 Å². The molecule has 0 spiro atoms. The van der Waals surface area contributed by atoms with Crippen molar-refractivity contribution in [1.82, 2.24) is 0 Å². The molecule has 1 heterocycles. The van der Waals surface area contributed by atoms with Crippen LogP contribution in [0.1, 0.15) is 50.5 Å². The van der Waals surface area contributed by atoms with Crippen LogP contribution in [0.2, 0.25) is 0 Å². The van der Waals surface area contributed by atoms with Crippen molar-refractivity contribution in [2.45, 2.75) is 44.9 Å². The third-order valence-corrected chi connectivity index (χ3v) is 4.84. The van der Waals surface area contributed by atoms with Gasteiger partial charge in [0, 0.05) is 6.42 Å².